The zero-order valence-corrected chi connectivity index (χ0v) is 10.8. The van der Waals surface area contributed by atoms with Gasteiger partial charge in [0.15, 0.2) is 0 Å². The highest BCUT2D eigenvalue weighted by atomic mass is 32.1. The lowest BCUT2D eigenvalue weighted by Gasteiger charge is -1.99. The second-order valence-corrected chi connectivity index (χ2v) is 4.96. The number of nitrogens with zero attached hydrogens (tertiary/aromatic N) is 3. The highest BCUT2D eigenvalue weighted by Crippen LogP contribution is 2.10. The summed E-state index contributed by atoms with van der Waals surface area (Å²) in [6.07, 6.45) is 2.01. The second-order valence-electron chi connectivity index (χ2n) is 3.41. The first-order valence-corrected chi connectivity index (χ1v) is 7.00. The topological polar surface area (TPSA) is 50.7 Å². The molecular weight excluding hydrogens is 240 g/mol. The smallest absolute Gasteiger partial charge is 0.0925 e. The van der Waals surface area contributed by atoms with Crippen LogP contribution in [0.2, 0.25) is 0 Å². The molecule has 16 heavy (non-hydrogen) atoms. The summed E-state index contributed by atoms with van der Waals surface area (Å²) in [5.74, 6) is 0. The van der Waals surface area contributed by atoms with Crippen molar-refractivity contribution in [3.8, 4) is 0 Å². The van der Waals surface area contributed by atoms with Gasteiger partial charge in [0, 0.05) is 30.3 Å². The molecule has 0 radical (unpaired) electrons. The lowest BCUT2D eigenvalue weighted by molar-refractivity contribution is 0.667. The van der Waals surface area contributed by atoms with Crippen molar-refractivity contribution in [1.82, 2.24) is 19.9 Å². The Morgan fingerprint density at radius 3 is 2.94 bits per heavy atom. The Balaban J connectivity index is 1.68. The maximum absolute atomic E-state index is 4.52. The van der Waals surface area contributed by atoms with Gasteiger partial charge in [-0.25, -0.2) is 4.98 Å². The fourth-order valence-corrected chi connectivity index (χ4v) is 2.55. The predicted octanol–water partition coefficient (Wildman–Crippen LogP) is 1.89. The molecule has 0 unspecified atom stereocenters. The quantitative estimate of drug-likeness (QED) is 0.800. The maximum Gasteiger partial charge on any atom is 0.0925 e. The van der Waals surface area contributed by atoms with Crippen LogP contribution in [0.1, 0.15) is 23.3 Å². The molecule has 0 saturated heterocycles. The zero-order chi connectivity index (χ0) is 11.2. The second kappa shape index (κ2) is 6.03. The van der Waals surface area contributed by atoms with Crippen molar-refractivity contribution in [2.75, 3.05) is 6.54 Å². The van der Waals surface area contributed by atoms with E-state index in [1.165, 1.54) is 22.2 Å². The van der Waals surface area contributed by atoms with Crippen LogP contribution in [0.25, 0.3) is 0 Å². The monoisotopic (exact) mass is 254 g/mol. The van der Waals surface area contributed by atoms with Crippen LogP contribution < -0.4 is 5.32 Å². The molecule has 0 aromatic carbocycles. The standard InChI is InChI=1S/C10H14N4S2/c1-2-10-12-8(6-15-10)3-4-11-5-9-7-16-14-13-9/h6-7,11H,2-5H2,1H3. The number of hydrogen-bond donors (Lipinski definition) is 1. The van der Waals surface area contributed by atoms with Gasteiger partial charge >= 0.3 is 0 Å². The molecule has 0 amide bonds. The van der Waals surface area contributed by atoms with Gasteiger partial charge in [-0.3, -0.25) is 0 Å². The van der Waals surface area contributed by atoms with E-state index in [1.54, 1.807) is 11.3 Å². The van der Waals surface area contributed by atoms with Crippen LogP contribution in [0.15, 0.2) is 10.8 Å². The molecule has 6 heteroatoms. The van der Waals surface area contributed by atoms with E-state index in [-0.39, 0.29) is 0 Å². The number of thiazole rings is 1. The maximum atomic E-state index is 4.52. The van der Waals surface area contributed by atoms with Crippen molar-refractivity contribution in [3.05, 3.63) is 27.2 Å². The molecule has 2 aromatic heterocycles. The van der Waals surface area contributed by atoms with Gasteiger partial charge < -0.3 is 5.32 Å². The molecule has 0 aliphatic heterocycles. The van der Waals surface area contributed by atoms with Crippen LogP contribution in [0, 0.1) is 0 Å². The van der Waals surface area contributed by atoms with Gasteiger partial charge in [0.25, 0.3) is 0 Å². The Morgan fingerprint density at radius 1 is 1.31 bits per heavy atom. The lowest BCUT2D eigenvalue weighted by atomic mass is 10.3. The molecule has 0 atom stereocenters. The SMILES string of the molecule is CCc1nc(CCNCc2csnn2)cs1. The van der Waals surface area contributed by atoms with Gasteiger partial charge in [0.05, 0.1) is 16.4 Å². The summed E-state index contributed by atoms with van der Waals surface area (Å²) in [4.78, 5) is 4.52. The van der Waals surface area contributed by atoms with Crippen LogP contribution in [-0.4, -0.2) is 21.1 Å². The van der Waals surface area contributed by atoms with Crippen LogP contribution in [-0.2, 0) is 19.4 Å². The average molecular weight is 254 g/mol. The van der Waals surface area contributed by atoms with E-state index >= 15 is 0 Å². The van der Waals surface area contributed by atoms with E-state index in [2.05, 4.69) is 32.2 Å². The number of nitrogens with one attached hydrogen (secondary N) is 1. The number of aromatic nitrogens is 3. The fraction of sp³-hybridized carbons (Fsp3) is 0.500. The lowest BCUT2D eigenvalue weighted by Crippen LogP contribution is -2.17. The third-order valence-electron chi connectivity index (χ3n) is 2.17. The molecule has 0 saturated carbocycles. The first-order chi connectivity index (χ1) is 7.88. The highest BCUT2D eigenvalue weighted by Gasteiger charge is 2.00. The fourth-order valence-electron chi connectivity index (χ4n) is 1.32. The summed E-state index contributed by atoms with van der Waals surface area (Å²) in [6, 6.07) is 0. The van der Waals surface area contributed by atoms with Crippen LogP contribution >= 0.6 is 22.9 Å². The van der Waals surface area contributed by atoms with Crippen LogP contribution in [0.3, 0.4) is 0 Å². The molecule has 0 fully saturated rings. The number of hydrogen-bond acceptors (Lipinski definition) is 6. The number of rotatable bonds is 6. The summed E-state index contributed by atoms with van der Waals surface area (Å²) in [5, 5.41) is 12.6. The Kier molecular flexibility index (Phi) is 4.38. The van der Waals surface area contributed by atoms with Crippen molar-refractivity contribution < 1.29 is 0 Å². The van der Waals surface area contributed by atoms with E-state index in [0.29, 0.717) is 0 Å². The van der Waals surface area contributed by atoms with Gasteiger partial charge in [-0.1, -0.05) is 11.4 Å². The minimum absolute atomic E-state index is 0.793. The molecule has 1 N–H and O–H groups in total. The third kappa shape index (κ3) is 3.33. The molecular formula is C10H14N4S2. The molecule has 2 aromatic rings. The zero-order valence-electron chi connectivity index (χ0n) is 9.14. The van der Waals surface area contributed by atoms with Crippen LogP contribution in [0.4, 0.5) is 0 Å². The van der Waals surface area contributed by atoms with Crippen molar-refractivity contribution in [2.45, 2.75) is 26.3 Å². The molecule has 0 spiro atoms. The predicted molar refractivity (Wildman–Crippen MR) is 66.8 cm³/mol. The Hall–Kier alpha value is -0.850. The van der Waals surface area contributed by atoms with E-state index < -0.39 is 0 Å². The molecule has 2 rings (SSSR count). The van der Waals surface area contributed by atoms with Gasteiger partial charge in [-0.2, -0.15) is 0 Å². The van der Waals surface area contributed by atoms with Crippen LogP contribution in [0.5, 0.6) is 0 Å². The first-order valence-electron chi connectivity index (χ1n) is 5.28. The summed E-state index contributed by atoms with van der Waals surface area (Å²) < 4.78 is 3.81. The van der Waals surface area contributed by atoms with Gasteiger partial charge in [0.1, 0.15) is 0 Å². The minimum Gasteiger partial charge on any atom is -0.311 e. The van der Waals surface area contributed by atoms with Gasteiger partial charge in [-0.15, -0.1) is 16.4 Å². The van der Waals surface area contributed by atoms with E-state index in [0.717, 1.165) is 31.6 Å². The average Bonchev–Trinajstić information content (AvgIpc) is 2.95. The summed E-state index contributed by atoms with van der Waals surface area (Å²) in [5.41, 5.74) is 2.20. The van der Waals surface area contributed by atoms with Crippen molar-refractivity contribution in [1.29, 1.82) is 0 Å². The third-order valence-corrected chi connectivity index (χ3v) is 3.77. The van der Waals surface area contributed by atoms with E-state index in [1.807, 2.05) is 5.38 Å². The molecule has 2 heterocycles. The number of aryl methyl sites for hydroxylation is 1. The van der Waals surface area contributed by atoms with Crippen molar-refractivity contribution in [2.24, 2.45) is 0 Å². The summed E-state index contributed by atoms with van der Waals surface area (Å²) in [7, 11) is 0. The Morgan fingerprint density at radius 2 is 2.25 bits per heavy atom. The first kappa shape index (κ1) is 11.6. The van der Waals surface area contributed by atoms with Crippen molar-refractivity contribution in [3.63, 3.8) is 0 Å². The minimum atomic E-state index is 0.793. The molecule has 0 bridgehead atoms. The largest absolute Gasteiger partial charge is 0.311 e. The molecule has 0 aliphatic carbocycles. The molecule has 4 nitrogen and oxygen atoms in total. The highest BCUT2D eigenvalue weighted by molar-refractivity contribution is 7.09. The van der Waals surface area contributed by atoms with Crippen molar-refractivity contribution >= 4 is 22.9 Å². The van der Waals surface area contributed by atoms with Gasteiger partial charge in [-0.05, 0) is 18.0 Å². The Labute approximate surface area is 103 Å². The summed E-state index contributed by atoms with van der Waals surface area (Å²) in [6.45, 7) is 3.86. The molecule has 0 aliphatic rings. The molecule has 86 valence electrons. The normalized spacial score (nSPS) is 10.8. The summed E-state index contributed by atoms with van der Waals surface area (Å²) >= 11 is 3.13. The van der Waals surface area contributed by atoms with E-state index in [9.17, 15) is 0 Å². The van der Waals surface area contributed by atoms with E-state index in [4.69, 9.17) is 0 Å². The van der Waals surface area contributed by atoms with Gasteiger partial charge in [0.2, 0.25) is 0 Å². The Bertz CT molecular complexity index is 410.